The molecule has 0 aliphatic rings. The van der Waals surface area contributed by atoms with E-state index in [0.717, 1.165) is 0 Å². The summed E-state index contributed by atoms with van der Waals surface area (Å²) in [5.41, 5.74) is 5.29. The van der Waals surface area contributed by atoms with Gasteiger partial charge in [0.05, 0.1) is 0 Å². The fourth-order valence-electron chi connectivity index (χ4n) is 0.231. The Hall–Kier alpha value is -0.110. The van der Waals surface area contributed by atoms with E-state index < -0.39 is 6.67 Å². The van der Waals surface area contributed by atoms with Crippen molar-refractivity contribution in [2.24, 2.45) is 11.1 Å². The topological polar surface area (TPSA) is 26.0 Å². The van der Waals surface area contributed by atoms with Crippen molar-refractivity contribution in [3.63, 3.8) is 0 Å². The van der Waals surface area contributed by atoms with Gasteiger partial charge in [-0.15, -0.1) is 0 Å². The molecule has 0 fully saturated rings. The Kier molecular flexibility index (Phi) is 2.41. The summed E-state index contributed by atoms with van der Waals surface area (Å²) >= 11 is 0. The lowest BCUT2D eigenvalue weighted by Crippen LogP contribution is -2.36. The average Bonchev–Trinajstić information content (AvgIpc) is 1.62. The number of halogens is 1. The molecule has 0 amide bonds. The zero-order valence-corrected chi connectivity index (χ0v) is 5.74. The van der Waals surface area contributed by atoms with Crippen LogP contribution in [-0.4, -0.2) is 12.7 Å². The summed E-state index contributed by atoms with van der Waals surface area (Å²) in [6, 6.07) is -0.317. The van der Waals surface area contributed by atoms with Crippen LogP contribution in [0.15, 0.2) is 0 Å². The highest BCUT2D eigenvalue weighted by molar-refractivity contribution is 4.75. The highest BCUT2D eigenvalue weighted by Gasteiger charge is 2.19. The van der Waals surface area contributed by atoms with Crippen LogP contribution >= 0.6 is 0 Å². The molecule has 0 aromatic rings. The maximum Gasteiger partial charge on any atom is 0.105 e. The second-order valence-corrected chi connectivity index (χ2v) is 3.13. The molecule has 0 aliphatic carbocycles. The van der Waals surface area contributed by atoms with Crippen LogP contribution in [0.3, 0.4) is 0 Å². The van der Waals surface area contributed by atoms with Crippen LogP contribution in [0.2, 0.25) is 0 Å². The monoisotopic (exact) mass is 119 g/mol. The number of alkyl halides is 1. The fourth-order valence-corrected chi connectivity index (χ4v) is 0.231. The summed E-state index contributed by atoms with van der Waals surface area (Å²) in [7, 11) is 0. The van der Waals surface area contributed by atoms with Gasteiger partial charge in [-0.2, -0.15) is 0 Å². The molecule has 0 spiro atoms. The van der Waals surface area contributed by atoms with E-state index in [1.165, 1.54) is 0 Å². The third kappa shape index (κ3) is 2.26. The zero-order chi connectivity index (χ0) is 6.78. The molecule has 0 radical (unpaired) electrons. The van der Waals surface area contributed by atoms with Gasteiger partial charge < -0.3 is 5.73 Å². The Morgan fingerprint density at radius 3 is 1.88 bits per heavy atom. The Labute approximate surface area is 50.1 Å². The second kappa shape index (κ2) is 2.44. The lowest BCUT2D eigenvalue weighted by molar-refractivity contribution is 0.264. The van der Waals surface area contributed by atoms with Crippen LogP contribution < -0.4 is 5.73 Å². The van der Waals surface area contributed by atoms with Crippen LogP contribution in [0.4, 0.5) is 4.39 Å². The normalized spacial score (nSPS) is 16.1. The van der Waals surface area contributed by atoms with Gasteiger partial charge in [0.15, 0.2) is 0 Å². The first-order valence-electron chi connectivity index (χ1n) is 2.80. The summed E-state index contributed by atoms with van der Waals surface area (Å²) in [6.07, 6.45) is 0. The highest BCUT2D eigenvalue weighted by atomic mass is 19.1. The van der Waals surface area contributed by atoms with E-state index in [1.807, 2.05) is 20.8 Å². The lowest BCUT2D eigenvalue weighted by Gasteiger charge is -2.23. The number of nitrogens with two attached hydrogens (primary N) is 1. The fraction of sp³-hybridized carbons (Fsp3) is 1.00. The van der Waals surface area contributed by atoms with Crippen LogP contribution in [0.1, 0.15) is 20.8 Å². The van der Waals surface area contributed by atoms with E-state index in [9.17, 15) is 4.39 Å². The van der Waals surface area contributed by atoms with Gasteiger partial charge in [-0.25, -0.2) is 4.39 Å². The molecule has 1 nitrogen and oxygen atoms in total. The van der Waals surface area contributed by atoms with Gasteiger partial charge in [-0.1, -0.05) is 20.8 Å². The van der Waals surface area contributed by atoms with Gasteiger partial charge in [0.25, 0.3) is 0 Å². The van der Waals surface area contributed by atoms with Crippen LogP contribution in [0, 0.1) is 5.41 Å². The molecule has 0 rings (SSSR count). The molecule has 0 aromatic heterocycles. The van der Waals surface area contributed by atoms with Crippen molar-refractivity contribution in [3.8, 4) is 0 Å². The molecule has 0 heterocycles. The van der Waals surface area contributed by atoms with Crippen molar-refractivity contribution in [2.45, 2.75) is 26.8 Å². The van der Waals surface area contributed by atoms with Gasteiger partial charge >= 0.3 is 0 Å². The van der Waals surface area contributed by atoms with Crippen molar-refractivity contribution in [3.05, 3.63) is 0 Å². The van der Waals surface area contributed by atoms with Gasteiger partial charge in [-0.05, 0) is 5.41 Å². The quantitative estimate of drug-likeness (QED) is 0.553. The first-order chi connectivity index (χ1) is 3.48. The molecule has 50 valence electrons. The van der Waals surface area contributed by atoms with E-state index in [-0.39, 0.29) is 11.5 Å². The first kappa shape index (κ1) is 7.89. The van der Waals surface area contributed by atoms with Crippen LogP contribution in [0.5, 0.6) is 0 Å². The third-order valence-corrected chi connectivity index (χ3v) is 1.28. The van der Waals surface area contributed by atoms with Gasteiger partial charge in [-0.3, -0.25) is 0 Å². The highest BCUT2D eigenvalue weighted by Crippen LogP contribution is 2.16. The summed E-state index contributed by atoms with van der Waals surface area (Å²) in [6.45, 7) is 5.36. The SMILES string of the molecule is CC(C)(C)C(N)CF. The minimum absolute atomic E-state index is 0.0885. The van der Waals surface area contributed by atoms with Gasteiger partial charge in [0.2, 0.25) is 0 Å². The van der Waals surface area contributed by atoms with E-state index >= 15 is 0 Å². The Balaban J connectivity index is 3.62. The number of hydrogen-bond donors (Lipinski definition) is 1. The van der Waals surface area contributed by atoms with E-state index in [0.29, 0.717) is 0 Å². The molecular formula is C6H14FN. The minimum atomic E-state index is -0.427. The summed E-state index contributed by atoms with van der Waals surface area (Å²) in [4.78, 5) is 0. The van der Waals surface area contributed by atoms with Gasteiger partial charge in [0.1, 0.15) is 6.67 Å². The number of rotatable bonds is 1. The standard InChI is InChI=1S/C6H14FN/c1-6(2,3)5(8)4-7/h5H,4,8H2,1-3H3. The molecule has 0 aliphatic heterocycles. The van der Waals surface area contributed by atoms with E-state index in [1.54, 1.807) is 0 Å². The summed E-state index contributed by atoms with van der Waals surface area (Å²) < 4.78 is 11.8. The molecule has 0 saturated carbocycles. The molecule has 0 bridgehead atoms. The summed E-state index contributed by atoms with van der Waals surface area (Å²) in [5, 5.41) is 0. The average molecular weight is 119 g/mol. The Bertz CT molecular complexity index is 65.4. The molecule has 2 heteroatoms. The van der Waals surface area contributed by atoms with Crippen LogP contribution in [-0.2, 0) is 0 Å². The molecule has 2 N–H and O–H groups in total. The predicted molar refractivity (Wildman–Crippen MR) is 33.4 cm³/mol. The first-order valence-corrected chi connectivity index (χ1v) is 2.80. The minimum Gasteiger partial charge on any atom is -0.325 e. The zero-order valence-electron chi connectivity index (χ0n) is 5.74. The van der Waals surface area contributed by atoms with E-state index in [4.69, 9.17) is 5.73 Å². The maximum atomic E-state index is 11.8. The van der Waals surface area contributed by atoms with Crippen molar-refractivity contribution in [2.75, 3.05) is 6.67 Å². The van der Waals surface area contributed by atoms with Crippen molar-refractivity contribution >= 4 is 0 Å². The molecule has 1 unspecified atom stereocenters. The Morgan fingerprint density at radius 1 is 1.50 bits per heavy atom. The lowest BCUT2D eigenvalue weighted by atomic mass is 9.88. The van der Waals surface area contributed by atoms with Gasteiger partial charge in [0, 0.05) is 6.04 Å². The van der Waals surface area contributed by atoms with Crippen molar-refractivity contribution in [1.82, 2.24) is 0 Å². The molecule has 0 saturated heterocycles. The third-order valence-electron chi connectivity index (χ3n) is 1.28. The largest absolute Gasteiger partial charge is 0.325 e. The van der Waals surface area contributed by atoms with E-state index in [2.05, 4.69) is 0 Å². The van der Waals surface area contributed by atoms with Crippen LogP contribution in [0.25, 0.3) is 0 Å². The Morgan fingerprint density at radius 2 is 1.88 bits per heavy atom. The smallest absolute Gasteiger partial charge is 0.105 e. The van der Waals surface area contributed by atoms with Crippen molar-refractivity contribution < 1.29 is 4.39 Å². The molecule has 0 aromatic carbocycles. The molecule has 8 heavy (non-hydrogen) atoms. The predicted octanol–water partition coefficient (Wildman–Crippen LogP) is 1.33. The van der Waals surface area contributed by atoms with Crippen molar-refractivity contribution in [1.29, 1.82) is 0 Å². The number of hydrogen-bond acceptors (Lipinski definition) is 1. The second-order valence-electron chi connectivity index (χ2n) is 3.13. The molecule has 1 atom stereocenters. The molecular weight excluding hydrogens is 105 g/mol. The maximum absolute atomic E-state index is 11.8. The summed E-state index contributed by atoms with van der Waals surface area (Å²) in [5.74, 6) is 0.